The van der Waals surface area contributed by atoms with E-state index < -0.39 is 10.0 Å². The summed E-state index contributed by atoms with van der Waals surface area (Å²) < 4.78 is 48.9. The first-order chi connectivity index (χ1) is 11.5. The van der Waals surface area contributed by atoms with Gasteiger partial charge < -0.3 is 18.9 Å². The minimum absolute atomic E-state index is 0.0145. The summed E-state index contributed by atoms with van der Waals surface area (Å²) in [5.41, 5.74) is 0.372. The number of hydrogen-bond acceptors (Lipinski definition) is 6. The van der Waals surface area contributed by atoms with Crippen LogP contribution in [0.4, 0.5) is 5.69 Å². The van der Waals surface area contributed by atoms with Crippen molar-refractivity contribution in [2.45, 2.75) is 4.90 Å². The summed E-state index contributed by atoms with van der Waals surface area (Å²) in [7, 11) is -0.937. The van der Waals surface area contributed by atoms with Gasteiger partial charge in [0.1, 0.15) is 29.6 Å². The lowest BCUT2D eigenvalue weighted by Gasteiger charge is -2.19. The molecule has 0 amide bonds. The summed E-state index contributed by atoms with van der Waals surface area (Å²) in [6.07, 6.45) is 0. The monoisotopic (exact) mass is 351 g/mol. The number of fused-ring (bicyclic) bond motifs is 1. The maximum absolute atomic E-state index is 12.6. The van der Waals surface area contributed by atoms with Gasteiger partial charge in [-0.15, -0.1) is 0 Å². The molecule has 1 aliphatic rings. The summed E-state index contributed by atoms with van der Waals surface area (Å²) in [4.78, 5) is 0.0145. The minimum Gasteiger partial charge on any atom is -0.497 e. The first kappa shape index (κ1) is 16.3. The van der Waals surface area contributed by atoms with Gasteiger partial charge in [0.25, 0.3) is 10.0 Å². The van der Waals surface area contributed by atoms with Gasteiger partial charge >= 0.3 is 0 Å². The zero-order chi connectivity index (χ0) is 17.2. The number of sulfonamides is 1. The van der Waals surface area contributed by atoms with E-state index in [0.29, 0.717) is 36.1 Å². The van der Waals surface area contributed by atoms with Crippen LogP contribution in [0.3, 0.4) is 0 Å². The van der Waals surface area contributed by atoms with Crippen molar-refractivity contribution in [2.75, 3.05) is 32.2 Å². The lowest BCUT2D eigenvalue weighted by atomic mass is 10.3. The van der Waals surface area contributed by atoms with Crippen LogP contribution in [0.5, 0.6) is 23.0 Å². The molecular formula is C16H17NO6S. The average molecular weight is 351 g/mol. The maximum atomic E-state index is 12.6. The minimum atomic E-state index is -3.83. The molecule has 2 aromatic rings. The second kappa shape index (κ2) is 6.48. The number of ether oxygens (including phenoxy) is 4. The molecule has 0 unspecified atom stereocenters. The van der Waals surface area contributed by atoms with Gasteiger partial charge in [-0.1, -0.05) is 0 Å². The Morgan fingerprint density at radius 2 is 1.71 bits per heavy atom. The zero-order valence-electron chi connectivity index (χ0n) is 13.2. The molecule has 0 aromatic heterocycles. The van der Waals surface area contributed by atoms with E-state index in [4.69, 9.17) is 18.9 Å². The largest absolute Gasteiger partial charge is 0.497 e. The molecule has 0 atom stereocenters. The second-order valence-electron chi connectivity index (χ2n) is 4.98. The van der Waals surface area contributed by atoms with E-state index in [2.05, 4.69) is 4.72 Å². The SMILES string of the molecule is COc1ccc(S(=O)(=O)Nc2ccc3c(c2)OCCO3)c(OC)c1. The van der Waals surface area contributed by atoms with E-state index in [1.807, 2.05) is 0 Å². The molecule has 0 saturated carbocycles. The molecular weight excluding hydrogens is 334 g/mol. The summed E-state index contributed by atoms with van der Waals surface area (Å²) >= 11 is 0. The van der Waals surface area contributed by atoms with Gasteiger partial charge in [0.2, 0.25) is 0 Å². The molecule has 128 valence electrons. The predicted molar refractivity (Wildman–Crippen MR) is 87.8 cm³/mol. The molecule has 0 radical (unpaired) electrons. The Hall–Kier alpha value is -2.61. The molecule has 1 aliphatic heterocycles. The lowest BCUT2D eigenvalue weighted by molar-refractivity contribution is 0.171. The molecule has 24 heavy (non-hydrogen) atoms. The number of nitrogens with one attached hydrogen (secondary N) is 1. The van der Waals surface area contributed by atoms with Gasteiger partial charge in [0.15, 0.2) is 11.5 Å². The van der Waals surface area contributed by atoms with Crippen LogP contribution < -0.4 is 23.7 Å². The third-order valence-electron chi connectivity index (χ3n) is 3.45. The highest BCUT2D eigenvalue weighted by molar-refractivity contribution is 7.92. The molecule has 8 heteroatoms. The third kappa shape index (κ3) is 3.18. The fourth-order valence-corrected chi connectivity index (χ4v) is 3.52. The van der Waals surface area contributed by atoms with Crippen molar-refractivity contribution in [3.63, 3.8) is 0 Å². The molecule has 0 saturated heterocycles. The normalized spacial score (nSPS) is 13.2. The molecule has 0 bridgehead atoms. The van der Waals surface area contributed by atoms with Crippen molar-refractivity contribution < 1.29 is 27.4 Å². The number of hydrogen-bond donors (Lipinski definition) is 1. The predicted octanol–water partition coefficient (Wildman–Crippen LogP) is 2.28. The van der Waals surface area contributed by atoms with Crippen LogP contribution in [0.15, 0.2) is 41.3 Å². The fraction of sp³-hybridized carbons (Fsp3) is 0.250. The van der Waals surface area contributed by atoms with E-state index in [-0.39, 0.29) is 10.6 Å². The van der Waals surface area contributed by atoms with Crippen LogP contribution in [0, 0.1) is 0 Å². The van der Waals surface area contributed by atoms with Crippen LogP contribution in [-0.2, 0) is 10.0 Å². The standard InChI is InChI=1S/C16H17NO6S/c1-20-12-4-6-16(15(10-12)21-2)24(18,19)17-11-3-5-13-14(9-11)23-8-7-22-13/h3-6,9-10,17H,7-8H2,1-2H3. The van der Waals surface area contributed by atoms with Crippen molar-refractivity contribution in [3.8, 4) is 23.0 Å². The Balaban J connectivity index is 1.91. The van der Waals surface area contributed by atoms with E-state index >= 15 is 0 Å². The van der Waals surface area contributed by atoms with Gasteiger partial charge in [-0.3, -0.25) is 4.72 Å². The van der Waals surface area contributed by atoms with Crippen LogP contribution in [-0.4, -0.2) is 35.9 Å². The third-order valence-corrected chi connectivity index (χ3v) is 4.88. The van der Waals surface area contributed by atoms with Crippen LogP contribution in [0.2, 0.25) is 0 Å². The molecule has 0 spiro atoms. The summed E-state index contributed by atoms with van der Waals surface area (Å²) in [6, 6.07) is 9.36. The summed E-state index contributed by atoms with van der Waals surface area (Å²) in [5, 5.41) is 0. The number of anilines is 1. The molecule has 1 heterocycles. The zero-order valence-corrected chi connectivity index (χ0v) is 14.1. The molecule has 7 nitrogen and oxygen atoms in total. The first-order valence-electron chi connectivity index (χ1n) is 7.18. The highest BCUT2D eigenvalue weighted by Gasteiger charge is 2.21. The van der Waals surface area contributed by atoms with Gasteiger partial charge in [-0.25, -0.2) is 8.42 Å². The van der Waals surface area contributed by atoms with E-state index in [9.17, 15) is 8.42 Å². The van der Waals surface area contributed by atoms with E-state index in [1.165, 1.54) is 26.4 Å². The van der Waals surface area contributed by atoms with Crippen molar-refractivity contribution in [3.05, 3.63) is 36.4 Å². The van der Waals surface area contributed by atoms with Crippen molar-refractivity contribution in [2.24, 2.45) is 0 Å². The molecule has 0 aliphatic carbocycles. The van der Waals surface area contributed by atoms with Gasteiger partial charge in [0.05, 0.1) is 19.9 Å². The second-order valence-corrected chi connectivity index (χ2v) is 6.63. The van der Waals surface area contributed by atoms with E-state index in [1.54, 1.807) is 24.3 Å². The van der Waals surface area contributed by atoms with Gasteiger partial charge in [0, 0.05) is 12.1 Å². The van der Waals surface area contributed by atoms with Crippen molar-refractivity contribution in [1.82, 2.24) is 0 Å². The number of rotatable bonds is 5. The van der Waals surface area contributed by atoms with Crippen molar-refractivity contribution in [1.29, 1.82) is 0 Å². The Labute approximate surface area is 140 Å². The quantitative estimate of drug-likeness (QED) is 0.890. The fourth-order valence-electron chi connectivity index (χ4n) is 2.31. The van der Waals surface area contributed by atoms with Gasteiger partial charge in [-0.2, -0.15) is 0 Å². The lowest BCUT2D eigenvalue weighted by Crippen LogP contribution is -2.17. The van der Waals surface area contributed by atoms with Crippen LogP contribution in [0.1, 0.15) is 0 Å². The van der Waals surface area contributed by atoms with E-state index in [0.717, 1.165) is 0 Å². The summed E-state index contributed by atoms with van der Waals surface area (Å²) in [6.45, 7) is 0.899. The van der Waals surface area contributed by atoms with Crippen molar-refractivity contribution >= 4 is 15.7 Å². The summed E-state index contributed by atoms with van der Waals surface area (Å²) in [5.74, 6) is 1.79. The maximum Gasteiger partial charge on any atom is 0.265 e. The topological polar surface area (TPSA) is 83.1 Å². The number of methoxy groups -OCH3 is 2. The smallest absolute Gasteiger partial charge is 0.265 e. The Morgan fingerprint density at radius 3 is 2.42 bits per heavy atom. The number of benzene rings is 2. The Bertz CT molecular complexity index is 850. The highest BCUT2D eigenvalue weighted by Crippen LogP contribution is 2.34. The average Bonchev–Trinajstić information content (AvgIpc) is 2.60. The molecule has 3 rings (SSSR count). The Morgan fingerprint density at radius 1 is 0.958 bits per heavy atom. The highest BCUT2D eigenvalue weighted by atomic mass is 32.2. The molecule has 1 N–H and O–H groups in total. The molecule has 2 aromatic carbocycles. The van der Waals surface area contributed by atoms with Gasteiger partial charge in [-0.05, 0) is 24.3 Å². The first-order valence-corrected chi connectivity index (χ1v) is 8.66. The molecule has 0 fully saturated rings. The van der Waals surface area contributed by atoms with Crippen LogP contribution >= 0.6 is 0 Å². The van der Waals surface area contributed by atoms with Crippen LogP contribution in [0.25, 0.3) is 0 Å². The Kier molecular flexibility index (Phi) is 4.39.